The van der Waals surface area contributed by atoms with E-state index in [2.05, 4.69) is 41.3 Å². The van der Waals surface area contributed by atoms with Crippen molar-refractivity contribution in [3.63, 3.8) is 0 Å². The molecule has 0 aliphatic heterocycles. The van der Waals surface area contributed by atoms with E-state index in [9.17, 15) is 9.59 Å². The number of aromatic amines is 1. The van der Waals surface area contributed by atoms with E-state index in [1.165, 1.54) is 16.5 Å². The molecule has 2 aromatic carbocycles. The van der Waals surface area contributed by atoms with Crippen LogP contribution in [0.25, 0.3) is 21.9 Å². The molecule has 142 valence electrons. The molecule has 0 unspecified atom stereocenters. The van der Waals surface area contributed by atoms with E-state index in [0.717, 1.165) is 16.5 Å². The fraction of sp³-hybridized carbons (Fsp3) is 0.227. The predicted molar refractivity (Wildman–Crippen MR) is 110 cm³/mol. The Bertz CT molecular complexity index is 1200. The van der Waals surface area contributed by atoms with E-state index in [1.54, 1.807) is 0 Å². The number of H-pyrrole nitrogens is 1. The second kappa shape index (κ2) is 7.31. The lowest BCUT2D eigenvalue weighted by Gasteiger charge is -2.09. The zero-order chi connectivity index (χ0) is 19.7. The average Bonchev–Trinajstić information content (AvgIpc) is 3.08. The molecule has 0 atom stereocenters. The molecule has 2 aromatic heterocycles. The number of fused-ring (bicyclic) bond motifs is 3. The number of benzene rings is 2. The third-order valence-corrected chi connectivity index (χ3v) is 4.93. The lowest BCUT2D eigenvalue weighted by atomic mass is 10.0. The van der Waals surface area contributed by atoms with E-state index in [4.69, 9.17) is 0 Å². The van der Waals surface area contributed by atoms with E-state index >= 15 is 0 Å². The van der Waals surface area contributed by atoms with Crippen LogP contribution in [0.2, 0.25) is 0 Å². The van der Waals surface area contributed by atoms with Crippen molar-refractivity contribution in [3.8, 4) is 0 Å². The first-order valence-corrected chi connectivity index (χ1v) is 9.34. The number of nitrogens with one attached hydrogen (secondary N) is 2. The summed E-state index contributed by atoms with van der Waals surface area (Å²) in [5.74, 6) is 0.245. The van der Waals surface area contributed by atoms with Gasteiger partial charge in [0.2, 0.25) is 5.91 Å². The Labute approximate surface area is 162 Å². The van der Waals surface area contributed by atoms with Gasteiger partial charge in [-0.05, 0) is 23.1 Å². The number of hydrogen-bond acceptors (Lipinski definition) is 3. The normalized spacial score (nSPS) is 11.4. The van der Waals surface area contributed by atoms with Gasteiger partial charge < -0.3 is 10.3 Å². The molecule has 6 nitrogen and oxygen atoms in total. The number of aromatic nitrogens is 3. The summed E-state index contributed by atoms with van der Waals surface area (Å²) in [6.45, 7) is 4.65. The van der Waals surface area contributed by atoms with Crippen LogP contribution in [0.4, 0.5) is 0 Å². The van der Waals surface area contributed by atoms with Gasteiger partial charge in [-0.1, -0.05) is 56.3 Å². The Balaban J connectivity index is 1.48. The molecule has 1 amide bonds. The monoisotopic (exact) mass is 374 g/mol. The van der Waals surface area contributed by atoms with Gasteiger partial charge in [0.05, 0.1) is 6.33 Å². The lowest BCUT2D eigenvalue weighted by Crippen LogP contribution is -2.32. The summed E-state index contributed by atoms with van der Waals surface area (Å²) in [6.07, 6.45) is 1.43. The molecule has 0 bridgehead atoms. The van der Waals surface area contributed by atoms with Crippen LogP contribution >= 0.6 is 0 Å². The first-order valence-electron chi connectivity index (χ1n) is 9.34. The fourth-order valence-electron chi connectivity index (χ4n) is 3.28. The van der Waals surface area contributed by atoms with Crippen molar-refractivity contribution in [1.29, 1.82) is 0 Å². The molecular weight excluding hydrogens is 352 g/mol. The molecule has 0 saturated carbocycles. The largest absolute Gasteiger partial charge is 0.350 e. The lowest BCUT2D eigenvalue weighted by molar-refractivity contribution is -0.121. The summed E-state index contributed by atoms with van der Waals surface area (Å²) in [5, 5.41) is 3.76. The van der Waals surface area contributed by atoms with Gasteiger partial charge in [-0.2, -0.15) is 0 Å². The van der Waals surface area contributed by atoms with E-state index in [-0.39, 0.29) is 18.0 Å². The second-order valence-corrected chi connectivity index (χ2v) is 7.24. The molecular formula is C22H22N4O2. The summed E-state index contributed by atoms with van der Waals surface area (Å²) < 4.78 is 1.33. The van der Waals surface area contributed by atoms with Crippen LogP contribution in [0.1, 0.15) is 30.9 Å². The Morgan fingerprint density at radius 2 is 1.89 bits per heavy atom. The van der Waals surface area contributed by atoms with E-state index in [1.807, 2.05) is 36.4 Å². The molecule has 0 aliphatic rings. The van der Waals surface area contributed by atoms with Gasteiger partial charge in [-0.15, -0.1) is 0 Å². The minimum absolute atomic E-state index is 0.0682. The highest BCUT2D eigenvalue weighted by atomic mass is 16.2. The third-order valence-electron chi connectivity index (χ3n) is 4.93. The van der Waals surface area contributed by atoms with Crippen LogP contribution in [-0.2, 0) is 17.9 Å². The quantitative estimate of drug-likeness (QED) is 0.562. The molecule has 28 heavy (non-hydrogen) atoms. The molecule has 2 heterocycles. The predicted octanol–water partition coefficient (Wildman–Crippen LogP) is 3.32. The smallest absolute Gasteiger partial charge is 0.278 e. The molecule has 0 spiro atoms. The van der Waals surface area contributed by atoms with E-state index in [0.29, 0.717) is 23.5 Å². The van der Waals surface area contributed by atoms with Crippen LogP contribution in [0.15, 0.2) is 59.7 Å². The summed E-state index contributed by atoms with van der Waals surface area (Å²) in [4.78, 5) is 32.5. The summed E-state index contributed by atoms with van der Waals surface area (Å²) >= 11 is 0. The number of carbonyl (C=O) groups excluding carboxylic acids is 1. The Morgan fingerprint density at radius 1 is 1.14 bits per heavy atom. The Hall–Kier alpha value is -3.41. The molecule has 0 fully saturated rings. The van der Waals surface area contributed by atoms with Gasteiger partial charge in [0.25, 0.3) is 5.56 Å². The first-order chi connectivity index (χ1) is 13.5. The molecule has 6 heteroatoms. The van der Waals surface area contributed by atoms with Gasteiger partial charge in [0, 0.05) is 17.4 Å². The minimum atomic E-state index is -0.252. The van der Waals surface area contributed by atoms with Crippen LogP contribution in [0, 0.1) is 0 Å². The maximum atomic E-state index is 12.7. The SMILES string of the molecule is CC(C)c1ccc(CNC(=O)Cn2cnc3c([nH]c4ccccc43)c2=O)cc1. The van der Waals surface area contributed by atoms with Gasteiger partial charge in [-0.25, -0.2) is 4.98 Å². The third kappa shape index (κ3) is 3.41. The van der Waals surface area contributed by atoms with E-state index < -0.39 is 0 Å². The second-order valence-electron chi connectivity index (χ2n) is 7.24. The summed E-state index contributed by atoms with van der Waals surface area (Å²) in [5.41, 5.74) is 3.93. The highest BCUT2D eigenvalue weighted by molar-refractivity contribution is 6.04. The summed E-state index contributed by atoms with van der Waals surface area (Å²) in [6, 6.07) is 15.8. The van der Waals surface area contributed by atoms with Crippen molar-refractivity contribution in [2.75, 3.05) is 0 Å². The zero-order valence-electron chi connectivity index (χ0n) is 15.9. The van der Waals surface area contributed by atoms with Crippen molar-refractivity contribution in [1.82, 2.24) is 19.9 Å². The Morgan fingerprint density at radius 3 is 2.64 bits per heavy atom. The topological polar surface area (TPSA) is 79.8 Å². The fourth-order valence-corrected chi connectivity index (χ4v) is 3.28. The van der Waals surface area contributed by atoms with Crippen LogP contribution in [0.3, 0.4) is 0 Å². The first kappa shape index (κ1) is 18.0. The molecule has 0 aliphatic carbocycles. The maximum absolute atomic E-state index is 12.7. The molecule has 4 rings (SSSR count). The van der Waals surface area contributed by atoms with Gasteiger partial charge in [0.15, 0.2) is 0 Å². The average molecular weight is 374 g/mol. The maximum Gasteiger partial charge on any atom is 0.278 e. The van der Waals surface area contributed by atoms with Crippen molar-refractivity contribution in [2.45, 2.75) is 32.9 Å². The minimum Gasteiger partial charge on any atom is -0.350 e. The number of hydrogen-bond donors (Lipinski definition) is 2. The summed E-state index contributed by atoms with van der Waals surface area (Å²) in [7, 11) is 0. The van der Waals surface area contributed by atoms with Crippen molar-refractivity contribution < 1.29 is 4.79 Å². The van der Waals surface area contributed by atoms with Crippen molar-refractivity contribution in [2.24, 2.45) is 0 Å². The van der Waals surface area contributed by atoms with Crippen molar-refractivity contribution in [3.05, 3.63) is 76.3 Å². The molecule has 0 saturated heterocycles. The number of carbonyl (C=O) groups is 1. The molecule has 0 radical (unpaired) electrons. The Kier molecular flexibility index (Phi) is 4.69. The number of para-hydroxylation sites is 1. The van der Waals surface area contributed by atoms with Gasteiger partial charge >= 0.3 is 0 Å². The van der Waals surface area contributed by atoms with Crippen LogP contribution < -0.4 is 10.9 Å². The number of amides is 1. The molecule has 2 N–H and O–H groups in total. The highest BCUT2D eigenvalue weighted by Gasteiger charge is 2.12. The number of nitrogens with zero attached hydrogens (tertiary/aromatic N) is 2. The molecule has 4 aromatic rings. The zero-order valence-corrected chi connectivity index (χ0v) is 15.9. The standard InChI is InChI=1S/C22H22N4O2/c1-14(2)16-9-7-15(8-10-16)11-23-19(27)12-26-13-24-20-17-5-3-4-6-18(17)25-21(20)22(26)28/h3-10,13-14,25H,11-12H2,1-2H3,(H,23,27). The van der Waals surface area contributed by atoms with Crippen LogP contribution in [0.5, 0.6) is 0 Å². The highest BCUT2D eigenvalue weighted by Crippen LogP contribution is 2.20. The van der Waals surface area contributed by atoms with Crippen molar-refractivity contribution >= 4 is 27.8 Å². The van der Waals surface area contributed by atoms with Gasteiger partial charge in [-0.3, -0.25) is 14.2 Å². The van der Waals surface area contributed by atoms with Crippen LogP contribution in [-0.4, -0.2) is 20.4 Å². The number of rotatable bonds is 5. The van der Waals surface area contributed by atoms with Gasteiger partial charge in [0.1, 0.15) is 17.6 Å².